The van der Waals surface area contributed by atoms with Crippen molar-refractivity contribution in [2.45, 2.75) is 50.2 Å². The molecule has 5 nitrogen and oxygen atoms in total. The SMILES string of the molecule is CC1(C)O[C@@H]2[C@H](O1)[C@@H](c1ccccc1)C[C@H]2n1ccc2c(Cl)nc(Cl)nc21. The lowest BCUT2D eigenvalue weighted by Crippen LogP contribution is -2.27. The molecule has 27 heavy (non-hydrogen) atoms. The second kappa shape index (κ2) is 6.17. The van der Waals surface area contributed by atoms with E-state index in [2.05, 4.69) is 38.8 Å². The fraction of sp³-hybridized carbons (Fsp3) is 0.400. The van der Waals surface area contributed by atoms with Crippen LogP contribution in [0.3, 0.4) is 0 Å². The van der Waals surface area contributed by atoms with Gasteiger partial charge in [-0.2, -0.15) is 4.98 Å². The van der Waals surface area contributed by atoms with Crippen molar-refractivity contribution in [3.05, 3.63) is 58.6 Å². The zero-order valence-corrected chi connectivity index (χ0v) is 16.5. The average molecular weight is 404 g/mol. The van der Waals surface area contributed by atoms with Crippen LogP contribution >= 0.6 is 23.2 Å². The quantitative estimate of drug-likeness (QED) is 0.446. The molecule has 1 aromatic carbocycles. The predicted octanol–water partition coefficient (Wildman–Crippen LogP) is 4.99. The summed E-state index contributed by atoms with van der Waals surface area (Å²) in [5.74, 6) is -0.373. The maximum Gasteiger partial charge on any atom is 0.225 e. The highest BCUT2D eigenvalue weighted by atomic mass is 35.5. The molecular weight excluding hydrogens is 385 g/mol. The minimum Gasteiger partial charge on any atom is -0.344 e. The third-order valence-corrected chi connectivity index (χ3v) is 5.98. The summed E-state index contributed by atoms with van der Waals surface area (Å²) in [6.07, 6.45) is 2.79. The van der Waals surface area contributed by atoms with E-state index in [1.807, 2.05) is 32.2 Å². The molecule has 0 radical (unpaired) electrons. The van der Waals surface area contributed by atoms with Gasteiger partial charge in [-0.15, -0.1) is 0 Å². The molecule has 0 N–H and O–H groups in total. The van der Waals surface area contributed by atoms with Gasteiger partial charge in [0, 0.05) is 12.1 Å². The molecule has 4 atom stereocenters. The summed E-state index contributed by atoms with van der Waals surface area (Å²) < 4.78 is 14.7. The van der Waals surface area contributed by atoms with Crippen LogP contribution in [0.4, 0.5) is 0 Å². The van der Waals surface area contributed by atoms with E-state index in [-0.39, 0.29) is 29.5 Å². The van der Waals surface area contributed by atoms with Gasteiger partial charge in [0.1, 0.15) is 16.9 Å². The van der Waals surface area contributed by atoms with Gasteiger partial charge in [-0.3, -0.25) is 0 Å². The summed E-state index contributed by atoms with van der Waals surface area (Å²) in [5.41, 5.74) is 1.99. The molecule has 1 aliphatic heterocycles. The van der Waals surface area contributed by atoms with E-state index in [9.17, 15) is 0 Å². The molecule has 5 rings (SSSR count). The summed E-state index contributed by atoms with van der Waals surface area (Å²) in [6.45, 7) is 3.93. The van der Waals surface area contributed by atoms with Gasteiger partial charge in [0.15, 0.2) is 5.79 Å². The molecule has 1 aliphatic carbocycles. The van der Waals surface area contributed by atoms with E-state index in [4.69, 9.17) is 32.7 Å². The molecule has 140 valence electrons. The summed E-state index contributed by atoms with van der Waals surface area (Å²) in [7, 11) is 0. The number of ether oxygens (including phenoxy) is 2. The monoisotopic (exact) mass is 403 g/mol. The fourth-order valence-electron chi connectivity index (χ4n) is 4.49. The van der Waals surface area contributed by atoms with Gasteiger partial charge in [0.2, 0.25) is 5.28 Å². The van der Waals surface area contributed by atoms with Crippen LogP contribution in [0, 0.1) is 0 Å². The van der Waals surface area contributed by atoms with Gasteiger partial charge in [-0.25, -0.2) is 4.98 Å². The highest BCUT2D eigenvalue weighted by Crippen LogP contribution is 2.51. The van der Waals surface area contributed by atoms with E-state index >= 15 is 0 Å². The second-order valence-electron chi connectivity index (χ2n) is 7.63. The number of hydrogen-bond donors (Lipinski definition) is 0. The van der Waals surface area contributed by atoms with Gasteiger partial charge in [-0.05, 0) is 43.5 Å². The summed E-state index contributed by atoms with van der Waals surface area (Å²) in [4.78, 5) is 8.47. The van der Waals surface area contributed by atoms with Crippen molar-refractivity contribution in [3.8, 4) is 0 Å². The molecule has 0 bridgehead atoms. The number of fused-ring (bicyclic) bond motifs is 2. The molecule has 2 aliphatic rings. The maximum absolute atomic E-state index is 6.32. The molecular formula is C20H19Cl2N3O2. The highest BCUT2D eigenvalue weighted by Gasteiger charge is 2.55. The van der Waals surface area contributed by atoms with Gasteiger partial charge in [-0.1, -0.05) is 41.9 Å². The van der Waals surface area contributed by atoms with Crippen LogP contribution in [0.1, 0.15) is 37.8 Å². The molecule has 3 heterocycles. The topological polar surface area (TPSA) is 49.2 Å². The first-order valence-electron chi connectivity index (χ1n) is 9.03. The third-order valence-electron chi connectivity index (χ3n) is 5.52. The molecule has 2 fully saturated rings. The Balaban J connectivity index is 1.60. The molecule has 0 unspecified atom stereocenters. The maximum atomic E-state index is 6.32. The Bertz CT molecular complexity index is 1010. The number of aromatic nitrogens is 3. The zero-order chi connectivity index (χ0) is 18.8. The fourth-order valence-corrected chi connectivity index (χ4v) is 4.93. The van der Waals surface area contributed by atoms with Crippen LogP contribution in [0.2, 0.25) is 10.4 Å². The van der Waals surface area contributed by atoms with Crippen LogP contribution in [0.15, 0.2) is 42.6 Å². The molecule has 2 aromatic heterocycles. The Kier molecular flexibility index (Phi) is 3.99. The van der Waals surface area contributed by atoms with Crippen molar-refractivity contribution in [3.63, 3.8) is 0 Å². The van der Waals surface area contributed by atoms with Crippen molar-refractivity contribution < 1.29 is 9.47 Å². The van der Waals surface area contributed by atoms with Crippen LogP contribution in [-0.4, -0.2) is 32.5 Å². The number of hydrogen-bond acceptors (Lipinski definition) is 4. The average Bonchev–Trinajstić information content (AvgIpc) is 3.26. The summed E-state index contributed by atoms with van der Waals surface area (Å²) >= 11 is 12.3. The number of nitrogens with zero attached hydrogens (tertiary/aromatic N) is 3. The van der Waals surface area contributed by atoms with Crippen molar-refractivity contribution >= 4 is 34.2 Å². The van der Waals surface area contributed by atoms with Crippen molar-refractivity contribution in [2.24, 2.45) is 0 Å². The standard InChI is InChI=1S/C20H19Cl2N3O2/c1-20(2)26-15-13(11-6-4-3-5-7-11)10-14(16(15)27-20)25-9-8-12-17(21)23-19(22)24-18(12)25/h3-9,13-16H,10H2,1-2H3/t13-,14-,15-,16+/m1/s1. The smallest absolute Gasteiger partial charge is 0.225 e. The Morgan fingerprint density at radius 3 is 2.56 bits per heavy atom. The van der Waals surface area contributed by atoms with Gasteiger partial charge < -0.3 is 14.0 Å². The van der Waals surface area contributed by atoms with E-state index in [0.29, 0.717) is 5.15 Å². The number of benzene rings is 1. The normalized spacial score (nSPS) is 29.3. The van der Waals surface area contributed by atoms with Crippen LogP contribution in [0.5, 0.6) is 0 Å². The van der Waals surface area contributed by atoms with Gasteiger partial charge >= 0.3 is 0 Å². The van der Waals surface area contributed by atoms with Crippen LogP contribution < -0.4 is 0 Å². The molecule has 7 heteroatoms. The first-order valence-corrected chi connectivity index (χ1v) is 9.79. The highest BCUT2D eigenvalue weighted by molar-refractivity contribution is 6.35. The number of halogens is 2. The van der Waals surface area contributed by atoms with Crippen LogP contribution in [-0.2, 0) is 9.47 Å². The molecule has 1 saturated heterocycles. The molecule has 3 aromatic rings. The van der Waals surface area contributed by atoms with E-state index in [1.54, 1.807) is 0 Å². The minimum atomic E-state index is -0.617. The Morgan fingerprint density at radius 2 is 1.78 bits per heavy atom. The summed E-state index contributed by atoms with van der Waals surface area (Å²) in [6, 6.07) is 12.5. The first kappa shape index (κ1) is 17.4. The van der Waals surface area contributed by atoms with E-state index in [0.717, 1.165) is 17.5 Å². The predicted molar refractivity (Wildman–Crippen MR) is 104 cm³/mol. The summed E-state index contributed by atoms with van der Waals surface area (Å²) in [5, 5.41) is 1.30. The van der Waals surface area contributed by atoms with Crippen molar-refractivity contribution in [2.75, 3.05) is 0 Å². The lowest BCUT2D eigenvalue weighted by atomic mass is 9.95. The Hall–Kier alpha value is -1.66. The van der Waals surface area contributed by atoms with Gasteiger partial charge in [0.05, 0.1) is 17.5 Å². The van der Waals surface area contributed by atoms with E-state index in [1.165, 1.54) is 5.56 Å². The van der Waals surface area contributed by atoms with Crippen LogP contribution in [0.25, 0.3) is 11.0 Å². The first-order chi connectivity index (χ1) is 12.9. The third kappa shape index (κ3) is 2.85. The largest absolute Gasteiger partial charge is 0.344 e. The molecule has 0 amide bonds. The minimum absolute atomic E-state index is 0.0161. The second-order valence-corrected chi connectivity index (χ2v) is 8.32. The Labute approximate surface area is 167 Å². The lowest BCUT2D eigenvalue weighted by molar-refractivity contribution is -0.157. The van der Waals surface area contributed by atoms with Crippen molar-refractivity contribution in [1.29, 1.82) is 0 Å². The lowest BCUT2D eigenvalue weighted by Gasteiger charge is -2.24. The zero-order valence-electron chi connectivity index (χ0n) is 15.0. The van der Waals surface area contributed by atoms with E-state index < -0.39 is 5.79 Å². The molecule has 0 spiro atoms. The number of rotatable bonds is 2. The van der Waals surface area contributed by atoms with Gasteiger partial charge in [0.25, 0.3) is 0 Å². The van der Waals surface area contributed by atoms with Crippen molar-refractivity contribution in [1.82, 2.24) is 14.5 Å². The molecule has 1 saturated carbocycles. The Morgan fingerprint density at radius 1 is 1.04 bits per heavy atom.